The fourth-order valence-electron chi connectivity index (χ4n) is 7.46. The van der Waals surface area contributed by atoms with Gasteiger partial charge in [-0.1, -0.05) is 87.9 Å². The molecule has 2 aromatic rings. The van der Waals surface area contributed by atoms with Gasteiger partial charge in [-0.15, -0.1) is 0 Å². The fourth-order valence-corrected chi connectivity index (χ4v) is 8.02. The molecule has 6 nitrogen and oxygen atoms in total. The van der Waals surface area contributed by atoms with E-state index in [1.807, 2.05) is 35.2 Å². The van der Waals surface area contributed by atoms with Crippen LogP contribution in [0.1, 0.15) is 68.4 Å². The third-order valence-electron chi connectivity index (χ3n) is 9.67. The minimum atomic E-state index is -0.924. The van der Waals surface area contributed by atoms with E-state index in [0.717, 1.165) is 23.3 Å². The van der Waals surface area contributed by atoms with Gasteiger partial charge in [-0.05, 0) is 53.8 Å². The van der Waals surface area contributed by atoms with Crippen LogP contribution in [0.3, 0.4) is 0 Å². The molecule has 2 heterocycles. The number of piperidine rings is 1. The molecule has 0 saturated carbocycles. The predicted octanol–water partition coefficient (Wildman–Crippen LogP) is 6.29. The van der Waals surface area contributed by atoms with Crippen LogP contribution in [-0.4, -0.2) is 70.4 Å². The number of rotatable bonds is 7. The first-order chi connectivity index (χ1) is 20.0. The molecule has 1 saturated heterocycles. The van der Waals surface area contributed by atoms with Crippen LogP contribution >= 0.6 is 11.8 Å². The molecule has 222 valence electrons. The zero-order valence-corrected chi connectivity index (χ0v) is 26.0. The lowest BCUT2D eigenvalue weighted by Gasteiger charge is -2.52. The molecule has 0 spiro atoms. The third-order valence-corrected chi connectivity index (χ3v) is 10.5. The summed E-state index contributed by atoms with van der Waals surface area (Å²) >= 11 is 1.64. The number of carboxylic acids is 1. The summed E-state index contributed by atoms with van der Waals surface area (Å²) in [7, 11) is 0. The molecule has 1 fully saturated rings. The molecular formula is C35H42N2O4S. The molecule has 1 aliphatic carbocycles. The van der Waals surface area contributed by atoms with E-state index < -0.39 is 11.4 Å². The van der Waals surface area contributed by atoms with Crippen LogP contribution < -0.4 is 0 Å². The lowest BCUT2D eigenvalue weighted by atomic mass is 9.58. The Morgan fingerprint density at radius 3 is 2.19 bits per heavy atom. The molecule has 2 aromatic carbocycles. The van der Waals surface area contributed by atoms with Crippen molar-refractivity contribution >= 4 is 35.1 Å². The Morgan fingerprint density at radius 1 is 0.905 bits per heavy atom. The molecule has 3 aliphatic rings. The SMILES string of the molecule is CCSCC(=O)N1CCC(C(=O)N2CC=C3C(C)(C)C(c4ccc(C(=O)O)cc4)=CC[C@]3(C)C2)(c2ccccc2)CC1. The number of thioether (sulfide) groups is 1. The number of likely N-dealkylation sites (tertiary alicyclic amines) is 1. The van der Waals surface area contributed by atoms with Gasteiger partial charge in [0.1, 0.15) is 0 Å². The van der Waals surface area contributed by atoms with Crippen LogP contribution in [0.2, 0.25) is 0 Å². The third kappa shape index (κ3) is 5.44. The van der Waals surface area contributed by atoms with Gasteiger partial charge in [-0.2, -0.15) is 11.8 Å². The number of nitrogens with zero attached hydrogens (tertiary/aromatic N) is 2. The second-order valence-corrected chi connectivity index (χ2v) is 13.9. The average Bonchev–Trinajstić information content (AvgIpc) is 2.99. The van der Waals surface area contributed by atoms with Crippen LogP contribution in [0.25, 0.3) is 5.57 Å². The van der Waals surface area contributed by atoms with Crippen molar-refractivity contribution in [2.45, 2.75) is 52.4 Å². The average molecular weight is 587 g/mol. The number of hydrogen-bond acceptors (Lipinski definition) is 4. The van der Waals surface area contributed by atoms with E-state index in [1.165, 1.54) is 11.1 Å². The zero-order valence-electron chi connectivity index (χ0n) is 25.2. The number of fused-ring (bicyclic) bond motifs is 1. The first kappa shape index (κ1) is 30.1. The van der Waals surface area contributed by atoms with Crippen LogP contribution in [0.5, 0.6) is 0 Å². The second kappa shape index (κ2) is 11.8. The minimum Gasteiger partial charge on any atom is -0.478 e. The number of aromatic carboxylic acids is 1. The van der Waals surface area contributed by atoms with Crippen LogP contribution in [0.4, 0.5) is 0 Å². The highest BCUT2D eigenvalue weighted by molar-refractivity contribution is 7.99. The molecule has 2 aliphatic heterocycles. The molecule has 0 radical (unpaired) electrons. The Bertz CT molecular complexity index is 1400. The maximum absolute atomic E-state index is 14.6. The van der Waals surface area contributed by atoms with Gasteiger partial charge in [-0.3, -0.25) is 9.59 Å². The number of hydrogen-bond donors (Lipinski definition) is 1. The Kier molecular flexibility index (Phi) is 8.44. The number of amides is 2. The van der Waals surface area contributed by atoms with E-state index in [-0.39, 0.29) is 28.2 Å². The largest absolute Gasteiger partial charge is 0.478 e. The highest BCUT2D eigenvalue weighted by Crippen LogP contribution is 2.55. The van der Waals surface area contributed by atoms with Gasteiger partial charge in [0.05, 0.1) is 16.7 Å². The molecule has 2 amide bonds. The summed E-state index contributed by atoms with van der Waals surface area (Å²) in [5.74, 6) is 0.817. The number of carbonyl (C=O) groups is 3. The summed E-state index contributed by atoms with van der Waals surface area (Å²) in [4.78, 5) is 42.7. The summed E-state index contributed by atoms with van der Waals surface area (Å²) in [6, 6.07) is 17.3. The fraction of sp³-hybridized carbons (Fsp3) is 0.457. The highest BCUT2D eigenvalue weighted by Gasteiger charge is 2.50. The number of allylic oxidation sites excluding steroid dienone is 2. The quantitative estimate of drug-likeness (QED) is 0.386. The summed E-state index contributed by atoms with van der Waals surface area (Å²) in [5.41, 5.74) is 3.79. The van der Waals surface area contributed by atoms with Gasteiger partial charge in [0.2, 0.25) is 11.8 Å². The number of benzene rings is 2. The van der Waals surface area contributed by atoms with Crippen LogP contribution in [-0.2, 0) is 15.0 Å². The van der Waals surface area contributed by atoms with Crippen molar-refractivity contribution in [1.82, 2.24) is 9.80 Å². The first-order valence-electron chi connectivity index (χ1n) is 15.0. The monoisotopic (exact) mass is 586 g/mol. The van der Waals surface area contributed by atoms with Crippen molar-refractivity contribution in [2.75, 3.05) is 37.7 Å². The van der Waals surface area contributed by atoms with E-state index in [1.54, 1.807) is 23.9 Å². The van der Waals surface area contributed by atoms with E-state index in [0.29, 0.717) is 44.8 Å². The molecule has 0 aromatic heterocycles. The van der Waals surface area contributed by atoms with Crippen molar-refractivity contribution in [3.8, 4) is 0 Å². The van der Waals surface area contributed by atoms with Gasteiger partial charge in [0, 0.05) is 37.0 Å². The summed E-state index contributed by atoms with van der Waals surface area (Å²) in [6.45, 7) is 11.2. The Hall–Kier alpha value is -3.32. The van der Waals surface area contributed by atoms with Crippen molar-refractivity contribution in [3.05, 3.63) is 89.0 Å². The molecule has 0 bridgehead atoms. The Morgan fingerprint density at radius 2 is 1.57 bits per heavy atom. The van der Waals surface area contributed by atoms with Gasteiger partial charge < -0.3 is 14.9 Å². The minimum absolute atomic E-state index is 0.164. The summed E-state index contributed by atoms with van der Waals surface area (Å²) in [5, 5.41) is 9.33. The molecule has 1 N–H and O–H groups in total. The Labute approximate surface area is 253 Å². The molecular weight excluding hydrogens is 544 g/mol. The van der Waals surface area contributed by atoms with Crippen LogP contribution in [0.15, 0.2) is 72.3 Å². The standard InChI is InChI=1S/C35H42N2O4S/c1-5-42-23-30(38)36-21-18-35(19-22-36,27-9-7-6-8-10-27)32(41)37-20-16-29-33(2,3)28(15-17-34(29,4)24-37)25-11-13-26(14-12-25)31(39)40/h6-16H,5,17-24H2,1-4H3,(H,39,40)/t34-/m1/s1. The second-order valence-electron chi connectivity index (χ2n) is 12.7. The maximum Gasteiger partial charge on any atom is 0.335 e. The van der Waals surface area contributed by atoms with E-state index in [2.05, 4.69) is 56.9 Å². The topological polar surface area (TPSA) is 77.9 Å². The van der Waals surface area contributed by atoms with Gasteiger partial charge >= 0.3 is 5.97 Å². The lowest BCUT2D eigenvalue weighted by molar-refractivity contribution is -0.143. The smallest absolute Gasteiger partial charge is 0.335 e. The summed E-state index contributed by atoms with van der Waals surface area (Å²) in [6.07, 6.45) is 6.61. The van der Waals surface area contributed by atoms with Gasteiger partial charge in [-0.25, -0.2) is 4.79 Å². The van der Waals surface area contributed by atoms with E-state index in [9.17, 15) is 19.5 Å². The first-order valence-corrected chi connectivity index (χ1v) is 16.1. The lowest BCUT2D eigenvalue weighted by Crippen LogP contribution is -2.57. The van der Waals surface area contributed by atoms with Crippen molar-refractivity contribution in [1.29, 1.82) is 0 Å². The van der Waals surface area contributed by atoms with Gasteiger partial charge in [0.15, 0.2) is 0 Å². The van der Waals surface area contributed by atoms with Gasteiger partial charge in [0.25, 0.3) is 0 Å². The zero-order chi connectivity index (χ0) is 30.1. The summed E-state index contributed by atoms with van der Waals surface area (Å²) < 4.78 is 0. The van der Waals surface area contributed by atoms with Crippen LogP contribution in [0, 0.1) is 10.8 Å². The highest BCUT2D eigenvalue weighted by atomic mass is 32.2. The Balaban J connectivity index is 1.40. The molecule has 1 atom stereocenters. The molecule has 5 rings (SSSR count). The van der Waals surface area contributed by atoms with E-state index in [4.69, 9.17) is 0 Å². The number of carbonyl (C=O) groups excluding carboxylic acids is 2. The van der Waals surface area contributed by atoms with Crippen molar-refractivity contribution in [2.24, 2.45) is 10.8 Å². The predicted molar refractivity (Wildman–Crippen MR) is 169 cm³/mol. The molecule has 42 heavy (non-hydrogen) atoms. The van der Waals surface area contributed by atoms with Crippen molar-refractivity contribution in [3.63, 3.8) is 0 Å². The number of carboxylic acid groups (broad SMARTS) is 1. The molecule has 7 heteroatoms. The normalized spacial score (nSPS) is 23.0. The van der Waals surface area contributed by atoms with E-state index >= 15 is 0 Å². The maximum atomic E-state index is 14.6. The molecule has 0 unspecified atom stereocenters. The van der Waals surface area contributed by atoms with Crippen molar-refractivity contribution < 1.29 is 19.5 Å².